The van der Waals surface area contributed by atoms with E-state index in [9.17, 15) is 4.79 Å². The first kappa shape index (κ1) is 18.5. The third-order valence-electron chi connectivity index (χ3n) is 5.84. The Morgan fingerprint density at radius 2 is 1.79 bits per heavy atom. The molecule has 2 aromatic heterocycles. The number of aryl methyl sites for hydroxylation is 4. The summed E-state index contributed by atoms with van der Waals surface area (Å²) in [5, 5.41) is 4.13. The number of piperidine rings is 1. The standard InChI is InChI=1S/C22H26N4O2/c1-13-6-5-7-14(2)19(13)25-21(27)17-8-10-26(11-9-17)20-18-15(3)16(4)28-22(18)24-12-23-20/h5-7,12,17H,8-11H2,1-4H3,(H,25,27). The molecule has 28 heavy (non-hydrogen) atoms. The predicted octanol–water partition coefficient (Wildman–Crippen LogP) is 4.31. The molecule has 0 aliphatic carbocycles. The van der Waals surface area contributed by atoms with Crippen molar-refractivity contribution in [3.8, 4) is 0 Å². The number of nitrogens with one attached hydrogen (secondary N) is 1. The molecule has 1 aromatic carbocycles. The van der Waals surface area contributed by atoms with Crippen LogP contribution in [0.15, 0.2) is 28.9 Å². The molecule has 3 heterocycles. The number of hydrogen-bond donors (Lipinski definition) is 1. The Bertz CT molecular complexity index is 1010. The second kappa shape index (κ2) is 7.26. The quantitative estimate of drug-likeness (QED) is 0.735. The second-order valence-electron chi connectivity index (χ2n) is 7.68. The van der Waals surface area contributed by atoms with E-state index in [1.54, 1.807) is 6.33 Å². The van der Waals surface area contributed by atoms with Crippen LogP contribution in [-0.4, -0.2) is 29.0 Å². The van der Waals surface area contributed by atoms with E-state index >= 15 is 0 Å². The molecular weight excluding hydrogens is 352 g/mol. The van der Waals surface area contributed by atoms with Crippen LogP contribution in [0.3, 0.4) is 0 Å². The summed E-state index contributed by atoms with van der Waals surface area (Å²) in [5.41, 5.74) is 4.85. The number of amides is 1. The first-order chi connectivity index (χ1) is 13.5. The second-order valence-corrected chi connectivity index (χ2v) is 7.68. The molecule has 1 aliphatic rings. The number of aromatic nitrogens is 2. The van der Waals surface area contributed by atoms with Gasteiger partial charge < -0.3 is 14.6 Å². The smallest absolute Gasteiger partial charge is 0.231 e. The van der Waals surface area contributed by atoms with Crippen molar-refractivity contribution in [2.75, 3.05) is 23.3 Å². The number of fused-ring (bicyclic) bond motifs is 1. The van der Waals surface area contributed by atoms with Gasteiger partial charge in [-0.2, -0.15) is 0 Å². The average molecular weight is 378 g/mol. The zero-order valence-corrected chi connectivity index (χ0v) is 16.9. The predicted molar refractivity (Wildman–Crippen MR) is 111 cm³/mol. The lowest BCUT2D eigenvalue weighted by Gasteiger charge is -2.32. The van der Waals surface area contributed by atoms with Gasteiger partial charge in [0, 0.05) is 30.3 Å². The van der Waals surface area contributed by atoms with E-state index in [2.05, 4.69) is 20.2 Å². The van der Waals surface area contributed by atoms with E-state index in [0.717, 1.165) is 65.3 Å². The summed E-state index contributed by atoms with van der Waals surface area (Å²) in [6.07, 6.45) is 3.16. The number of furan rings is 1. The highest BCUT2D eigenvalue weighted by Crippen LogP contribution is 2.33. The van der Waals surface area contributed by atoms with Gasteiger partial charge in [-0.15, -0.1) is 0 Å². The molecule has 6 nitrogen and oxygen atoms in total. The molecule has 0 bridgehead atoms. The van der Waals surface area contributed by atoms with Crippen LogP contribution in [-0.2, 0) is 4.79 Å². The summed E-state index contributed by atoms with van der Waals surface area (Å²) in [6, 6.07) is 6.07. The van der Waals surface area contributed by atoms with Crippen molar-refractivity contribution in [2.45, 2.75) is 40.5 Å². The average Bonchev–Trinajstić information content (AvgIpc) is 2.99. The Hall–Kier alpha value is -2.89. The van der Waals surface area contributed by atoms with E-state index in [1.165, 1.54) is 0 Å². The maximum absolute atomic E-state index is 12.8. The Balaban J connectivity index is 1.47. The highest BCUT2D eigenvalue weighted by atomic mass is 16.3. The van der Waals surface area contributed by atoms with Crippen molar-refractivity contribution in [2.24, 2.45) is 5.92 Å². The minimum absolute atomic E-state index is 0.0137. The molecule has 0 atom stereocenters. The Morgan fingerprint density at radius 3 is 2.46 bits per heavy atom. The molecule has 4 rings (SSSR count). The minimum Gasteiger partial charge on any atom is -0.443 e. The molecule has 1 amide bonds. The molecule has 1 N–H and O–H groups in total. The Labute approximate surface area is 165 Å². The van der Waals surface area contributed by atoms with E-state index < -0.39 is 0 Å². The maximum Gasteiger partial charge on any atom is 0.231 e. The summed E-state index contributed by atoms with van der Waals surface area (Å²) >= 11 is 0. The van der Waals surface area contributed by atoms with Crippen molar-refractivity contribution in [1.82, 2.24) is 9.97 Å². The largest absolute Gasteiger partial charge is 0.443 e. The molecule has 1 saturated heterocycles. The molecular formula is C22H26N4O2. The first-order valence-corrected chi connectivity index (χ1v) is 9.78. The Kier molecular flexibility index (Phi) is 4.79. The van der Waals surface area contributed by atoms with Gasteiger partial charge in [0.05, 0.1) is 5.39 Å². The summed E-state index contributed by atoms with van der Waals surface area (Å²) in [5.74, 6) is 1.91. The fourth-order valence-corrected chi connectivity index (χ4v) is 3.99. The van der Waals surface area contributed by atoms with Crippen LogP contribution < -0.4 is 10.2 Å². The van der Waals surface area contributed by atoms with Gasteiger partial charge in [0.25, 0.3) is 0 Å². The molecule has 3 aromatic rings. The molecule has 1 fully saturated rings. The molecule has 0 spiro atoms. The number of para-hydroxylation sites is 1. The van der Waals surface area contributed by atoms with Gasteiger partial charge in [0.15, 0.2) is 0 Å². The van der Waals surface area contributed by atoms with Crippen LogP contribution in [0.2, 0.25) is 0 Å². The lowest BCUT2D eigenvalue weighted by molar-refractivity contribution is -0.120. The zero-order valence-electron chi connectivity index (χ0n) is 16.9. The van der Waals surface area contributed by atoms with Gasteiger partial charge in [0.2, 0.25) is 11.6 Å². The number of nitrogens with zero attached hydrogens (tertiary/aromatic N) is 3. The van der Waals surface area contributed by atoms with Gasteiger partial charge in [-0.1, -0.05) is 18.2 Å². The molecule has 1 aliphatic heterocycles. The van der Waals surface area contributed by atoms with Gasteiger partial charge in [0.1, 0.15) is 17.9 Å². The number of anilines is 2. The van der Waals surface area contributed by atoms with Gasteiger partial charge in [-0.3, -0.25) is 4.79 Å². The van der Waals surface area contributed by atoms with E-state index in [4.69, 9.17) is 4.42 Å². The van der Waals surface area contributed by atoms with Crippen molar-refractivity contribution >= 4 is 28.5 Å². The van der Waals surface area contributed by atoms with Crippen LogP contribution in [0.4, 0.5) is 11.5 Å². The number of benzene rings is 1. The number of hydrogen-bond acceptors (Lipinski definition) is 5. The summed E-state index contributed by atoms with van der Waals surface area (Å²) in [7, 11) is 0. The molecule has 6 heteroatoms. The lowest BCUT2D eigenvalue weighted by Crippen LogP contribution is -2.38. The minimum atomic E-state index is 0.0137. The fourth-order valence-electron chi connectivity index (χ4n) is 3.99. The highest BCUT2D eigenvalue weighted by molar-refractivity contribution is 5.94. The summed E-state index contributed by atoms with van der Waals surface area (Å²) < 4.78 is 5.74. The lowest BCUT2D eigenvalue weighted by atomic mass is 9.95. The SMILES string of the molecule is Cc1cccc(C)c1NC(=O)C1CCN(c2ncnc3oc(C)c(C)c23)CC1. The third kappa shape index (κ3) is 3.23. The van der Waals surface area contributed by atoms with Crippen molar-refractivity contribution in [3.05, 3.63) is 47.0 Å². The van der Waals surface area contributed by atoms with Crippen LogP contribution >= 0.6 is 0 Å². The number of carbonyl (C=O) groups is 1. The van der Waals surface area contributed by atoms with Gasteiger partial charge >= 0.3 is 0 Å². The van der Waals surface area contributed by atoms with E-state index in [-0.39, 0.29) is 11.8 Å². The van der Waals surface area contributed by atoms with Gasteiger partial charge in [-0.05, 0) is 51.7 Å². The highest BCUT2D eigenvalue weighted by Gasteiger charge is 2.28. The van der Waals surface area contributed by atoms with Crippen LogP contribution in [0.1, 0.15) is 35.3 Å². The van der Waals surface area contributed by atoms with Crippen LogP contribution in [0, 0.1) is 33.6 Å². The zero-order chi connectivity index (χ0) is 19.8. The van der Waals surface area contributed by atoms with Crippen molar-refractivity contribution < 1.29 is 9.21 Å². The van der Waals surface area contributed by atoms with Gasteiger partial charge in [-0.25, -0.2) is 9.97 Å². The van der Waals surface area contributed by atoms with E-state index in [0.29, 0.717) is 5.71 Å². The molecule has 0 unspecified atom stereocenters. The summed E-state index contributed by atoms with van der Waals surface area (Å²) in [4.78, 5) is 23.8. The molecule has 146 valence electrons. The normalized spacial score (nSPS) is 15.2. The van der Waals surface area contributed by atoms with Crippen LogP contribution in [0.5, 0.6) is 0 Å². The fraction of sp³-hybridized carbons (Fsp3) is 0.409. The Morgan fingerprint density at radius 1 is 1.11 bits per heavy atom. The van der Waals surface area contributed by atoms with Crippen molar-refractivity contribution in [3.63, 3.8) is 0 Å². The first-order valence-electron chi connectivity index (χ1n) is 9.78. The molecule has 0 radical (unpaired) electrons. The topological polar surface area (TPSA) is 71.3 Å². The third-order valence-corrected chi connectivity index (χ3v) is 5.84. The number of rotatable bonds is 3. The monoisotopic (exact) mass is 378 g/mol. The summed E-state index contributed by atoms with van der Waals surface area (Å²) in [6.45, 7) is 9.63. The van der Waals surface area contributed by atoms with E-state index in [1.807, 2.05) is 45.9 Å². The van der Waals surface area contributed by atoms with Crippen LogP contribution in [0.25, 0.3) is 11.1 Å². The van der Waals surface area contributed by atoms with Crippen molar-refractivity contribution in [1.29, 1.82) is 0 Å². The number of carbonyl (C=O) groups excluding carboxylic acids is 1. The maximum atomic E-state index is 12.8. The molecule has 0 saturated carbocycles.